The number of hydrogen-bond acceptors (Lipinski definition) is 6. The van der Waals surface area contributed by atoms with Crippen LogP contribution in [0.4, 0.5) is 4.39 Å². The minimum atomic E-state index is -2.00. The minimum Gasteiger partial charge on any atom is -0.393 e. The van der Waals surface area contributed by atoms with Crippen molar-refractivity contribution in [3.63, 3.8) is 0 Å². The molecular weight excluding hydrogens is 289 g/mol. The number of H-pyrrole nitrogens is 1. The molecular formula is C10H12FN5O5. The zero-order chi connectivity index (χ0) is 15.6. The van der Waals surface area contributed by atoms with Crippen LogP contribution in [-0.4, -0.2) is 50.8 Å². The molecule has 11 heteroatoms. The van der Waals surface area contributed by atoms with Crippen molar-refractivity contribution in [2.75, 3.05) is 13.3 Å². The van der Waals surface area contributed by atoms with Gasteiger partial charge in [-0.2, -0.15) is 0 Å². The van der Waals surface area contributed by atoms with Gasteiger partial charge in [-0.25, -0.2) is 9.18 Å². The van der Waals surface area contributed by atoms with Crippen molar-refractivity contribution in [3.05, 3.63) is 43.5 Å². The maximum absolute atomic E-state index is 13.1. The van der Waals surface area contributed by atoms with Crippen LogP contribution in [0.15, 0.2) is 27.0 Å². The molecule has 0 spiro atoms. The Bertz CT molecular complexity index is 677. The van der Waals surface area contributed by atoms with Gasteiger partial charge in [-0.3, -0.25) is 14.3 Å². The Morgan fingerprint density at radius 3 is 2.86 bits per heavy atom. The Morgan fingerprint density at radius 2 is 2.33 bits per heavy atom. The number of azide groups is 1. The summed E-state index contributed by atoms with van der Waals surface area (Å²) in [5.74, 6) is 0. The highest BCUT2D eigenvalue weighted by Gasteiger charge is 2.55. The van der Waals surface area contributed by atoms with Gasteiger partial charge in [-0.05, 0) is 5.53 Å². The Kier molecular flexibility index (Phi) is 4.09. The molecule has 0 amide bonds. The van der Waals surface area contributed by atoms with Crippen LogP contribution in [0.5, 0.6) is 0 Å². The van der Waals surface area contributed by atoms with E-state index in [1.807, 2.05) is 4.98 Å². The van der Waals surface area contributed by atoms with Gasteiger partial charge >= 0.3 is 5.69 Å². The molecule has 0 aliphatic carbocycles. The summed E-state index contributed by atoms with van der Waals surface area (Å²) in [6, 6.07) is -0.333. The zero-order valence-corrected chi connectivity index (χ0v) is 10.6. The molecule has 1 aliphatic rings. The molecule has 0 aromatic carbocycles. The van der Waals surface area contributed by atoms with E-state index in [2.05, 4.69) is 10.0 Å². The number of hydrogen-bond donors (Lipinski definition) is 3. The van der Waals surface area contributed by atoms with Crippen molar-refractivity contribution >= 4 is 0 Å². The van der Waals surface area contributed by atoms with Crippen LogP contribution in [0.3, 0.4) is 0 Å². The minimum absolute atomic E-state index is 0.658. The Balaban J connectivity index is 2.53. The smallest absolute Gasteiger partial charge is 0.330 e. The molecule has 10 nitrogen and oxygen atoms in total. The van der Waals surface area contributed by atoms with Gasteiger partial charge in [0.1, 0.15) is 30.6 Å². The molecule has 4 atom stereocenters. The second-order valence-electron chi connectivity index (χ2n) is 4.52. The summed E-state index contributed by atoms with van der Waals surface area (Å²) < 4.78 is 19.2. The normalized spacial score (nSPS) is 31.9. The largest absolute Gasteiger partial charge is 0.393 e. The van der Waals surface area contributed by atoms with Gasteiger partial charge in [-0.15, -0.1) is 0 Å². The number of rotatable bonds is 4. The number of aliphatic hydroxyl groups excluding tert-OH is 2. The second kappa shape index (κ2) is 5.66. The number of nitrogens with one attached hydrogen (secondary N) is 1. The highest BCUT2D eigenvalue weighted by atomic mass is 19.1. The fourth-order valence-corrected chi connectivity index (χ4v) is 2.16. The lowest BCUT2D eigenvalue weighted by atomic mass is 9.96. The molecule has 2 rings (SSSR count). The lowest BCUT2D eigenvalue weighted by Crippen LogP contribution is -2.47. The summed E-state index contributed by atoms with van der Waals surface area (Å²) in [7, 11) is 0. The van der Waals surface area contributed by atoms with E-state index in [-0.39, 0.29) is 0 Å². The van der Waals surface area contributed by atoms with E-state index in [0.717, 1.165) is 16.8 Å². The third kappa shape index (κ3) is 2.43. The van der Waals surface area contributed by atoms with Crippen LogP contribution in [0.2, 0.25) is 0 Å². The van der Waals surface area contributed by atoms with E-state index >= 15 is 0 Å². The second-order valence-corrected chi connectivity index (χ2v) is 4.52. The van der Waals surface area contributed by atoms with Crippen LogP contribution >= 0.6 is 0 Å². The monoisotopic (exact) mass is 301 g/mol. The standard InChI is InChI=1S/C10H12FN5O5/c11-3-10(4-17)7(19)6(14-15-12)8(21-10)16-2-1-5(18)13-9(16)20/h1-2,6-8,17,19H,3-4H2,(H,13,18,20)/t6?,7-,8+,10+/m0/s1. The molecule has 2 heterocycles. The number of ether oxygens (including phenoxy) is 1. The van der Waals surface area contributed by atoms with E-state index in [4.69, 9.17) is 10.3 Å². The highest BCUT2D eigenvalue weighted by molar-refractivity contribution is 5.05. The first kappa shape index (κ1) is 15.2. The maximum atomic E-state index is 13.1. The average molecular weight is 301 g/mol. The highest BCUT2D eigenvalue weighted by Crippen LogP contribution is 2.38. The van der Waals surface area contributed by atoms with E-state index in [0.29, 0.717) is 0 Å². The Morgan fingerprint density at radius 1 is 1.62 bits per heavy atom. The lowest BCUT2D eigenvalue weighted by Gasteiger charge is -2.26. The van der Waals surface area contributed by atoms with Gasteiger partial charge in [0.25, 0.3) is 5.56 Å². The van der Waals surface area contributed by atoms with Crippen LogP contribution in [-0.2, 0) is 4.74 Å². The fourth-order valence-electron chi connectivity index (χ4n) is 2.16. The van der Waals surface area contributed by atoms with Crippen molar-refractivity contribution in [3.8, 4) is 0 Å². The quantitative estimate of drug-likeness (QED) is 0.362. The third-order valence-electron chi connectivity index (χ3n) is 3.31. The number of aromatic nitrogens is 2. The number of alkyl halides is 1. The predicted molar refractivity (Wildman–Crippen MR) is 66.2 cm³/mol. The zero-order valence-electron chi connectivity index (χ0n) is 10.6. The van der Waals surface area contributed by atoms with Crippen LogP contribution in [0.1, 0.15) is 6.23 Å². The summed E-state index contributed by atoms with van der Waals surface area (Å²) in [6.45, 7) is -2.13. The van der Waals surface area contributed by atoms with E-state index in [1.165, 1.54) is 0 Å². The first-order valence-corrected chi connectivity index (χ1v) is 5.87. The number of halogens is 1. The van der Waals surface area contributed by atoms with Crippen molar-refractivity contribution in [1.29, 1.82) is 0 Å². The van der Waals surface area contributed by atoms with Crippen molar-refractivity contribution < 1.29 is 19.3 Å². The summed E-state index contributed by atoms with van der Waals surface area (Å²) >= 11 is 0. The Hall–Kier alpha value is -2.20. The van der Waals surface area contributed by atoms with Crippen LogP contribution < -0.4 is 11.2 Å². The lowest BCUT2D eigenvalue weighted by molar-refractivity contribution is -0.138. The Labute approximate surface area is 116 Å². The number of nitrogens with zero attached hydrogens (tertiary/aromatic N) is 4. The molecule has 0 radical (unpaired) electrons. The van der Waals surface area contributed by atoms with Crippen molar-refractivity contribution in [2.24, 2.45) is 5.11 Å². The molecule has 1 aromatic rings. The van der Waals surface area contributed by atoms with Gasteiger partial charge in [0.2, 0.25) is 0 Å². The summed E-state index contributed by atoms with van der Waals surface area (Å²) in [4.78, 5) is 27.2. The molecule has 114 valence electrons. The van der Waals surface area contributed by atoms with Crippen LogP contribution in [0, 0.1) is 0 Å². The van der Waals surface area contributed by atoms with Crippen molar-refractivity contribution in [2.45, 2.75) is 24.0 Å². The summed E-state index contributed by atoms with van der Waals surface area (Å²) in [5.41, 5.74) is 4.99. The van der Waals surface area contributed by atoms with Crippen molar-refractivity contribution in [1.82, 2.24) is 9.55 Å². The maximum Gasteiger partial charge on any atom is 0.330 e. The third-order valence-corrected chi connectivity index (χ3v) is 3.31. The molecule has 1 aliphatic heterocycles. The molecule has 0 bridgehead atoms. The van der Waals surface area contributed by atoms with Gasteiger partial charge in [0.15, 0.2) is 0 Å². The molecule has 1 fully saturated rings. The summed E-state index contributed by atoms with van der Waals surface area (Å²) in [6.07, 6.45) is -1.96. The van der Waals surface area contributed by atoms with E-state index in [9.17, 15) is 24.2 Å². The molecule has 0 saturated carbocycles. The SMILES string of the molecule is [N-]=[N+]=NC1[C@H](n2ccc(=O)[nH]c2=O)O[C@@](CO)(CF)[C@H]1O. The average Bonchev–Trinajstić information content (AvgIpc) is 2.74. The van der Waals surface area contributed by atoms with Gasteiger partial charge < -0.3 is 14.9 Å². The molecule has 1 saturated heterocycles. The van der Waals surface area contributed by atoms with Crippen LogP contribution in [0.25, 0.3) is 10.4 Å². The molecule has 3 N–H and O–H groups in total. The molecule has 21 heavy (non-hydrogen) atoms. The first-order valence-electron chi connectivity index (χ1n) is 5.87. The fraction of sp³-hybridized carbons (Fsp3) is 0.600. The molecule has 1 unspecified atom stereocenters. The summed E-state index contributed by atoms with van der Waals surface area (Å²) in [5, 5.41) is 22.6. The molecule has 1 aromatic heterocycles. The van der Waals surface area contributed by atoms with E-state index < -0.39 is 48.5 Å². The van der Waals surface area contributed by atoms with Gasteiger partial charge in [0.05, 0.1) is 6.61 Å². The first-order chi connectivity index (χ1) is 9.99. The number of aromatic amines is 1. The predicted octanol–water partition coefficient (Wildman–Crippen LogP) is -1.19. The number of aliphatic hydroxyl groups is 2. The van der Waals surface area contributed by atoms with E-state index in [1.54, 1.807) is 0 Å². The van der Waals surface area contributed by atoms with Gasteiger partial charge in [0, 0.05) is 17.2 Å². The topological polar surface area (TPSA) is 153 Å². The van der Waals surface area contributed by atoms with Gasteiger partial charge in [-0.1, -0.05) is 5.11 Å².